The quantitative estimate of drug-likeness (QED) is 0.551. The maximum atomic E-state index is 11.6. The number of carbonyl (C=O) groups excluding carboxylic acids is 1. The third-order valence-electron chi connectivity index (χ3n) is 2.71. The van der Waals surface area contributed by atoms with Gasteiger partial charge >= 0.3 is 0 Å². The van der Waals surface area contributed by atoms with E-state index in [4.69, 9.17) is 0 Å². The van der Waals surface area contributed by atoms with Crippen molar-refractivity contribution in [2.24, 2.45) is 5.92 Å². The van der Waals surface area contributed by atoms with E-state index in [1.54, 1.807) is 17.1 Å². The van der Waals surface area contributed by atoms with E-state index in [0.29, 0.717) is 19.5 Å². The third-order valence-corrected chi connectivity index (χ3v) is 2.71. The van der Waals surface area contributed by atoms with Crippen LogP contribution < -0.4 is 0 Å². The molecule has 84 valence electrons. The molecule has 0 radical (unpaired) electrons. The summed E-state index contributed by atoms with van der Waals surface area (Å²) in [6.07, 6.45) is 7.47. The van der Waals surface area contributed by atoms with Crippen molar-refractivity contribution < 1.29 is 9.90 Å². The van der Waals surface area contributed by atoms with E-state index >= 15 is 0 Å². The predicted octanol–water partition coefficient (Wildman–Crippen LogP) is 1.35. The van der Waals surface area contributed by atoms with E-state index in [2.05, 4.69) is 0 Å². The zero-order valence-corrected chi connectivity index (χ0v) is 9.39. The molecule has 0 aromatic rings. The summed E-state index contributed by atoms with van der Waals surface area (Å²) < 4.78 is 0. The highest BCUT2D eigenvalue weighted by molar-refractivity contribution is 5.87. The predicted molar refractivity (Wildman–Crippen MR) is 60.3 cm³/mol. The number of allylic oxidation sites excluding steroid dienone is 3. The van der Waals surface area contributed by atoms with E-state index in [1.807, 2.05) is 26.0 Å². The van der Waals surface area contributed by atoms with Crippen LogP contribution in [0.5, 0.6) is 0 Å². The maximum Gasteiger partial charge on any atom is 0.246 e. The number of aliphatic hydroxyl groups excluding tert-OH is 1. The molecule has 3 heteroatoms. The highest BCUT2D eigenvalue weighted by Crippen LogP contribution is 2.16. The smallest absolute Gasteiger partial charge is 0.246 e. The molecule has 1 aliphatic rings. The van der Waals surface area contributed by atoms with Crippen LogP contribution in [0, 0.1) is 5.92 Å². The van der Waals surface area contributed by atoms with Gasteiger partial charge < -0.3 is 10.0 Å². The standard InChI is InChI=1S/C12H19NO2/c1-3-4-5-6-12(15)13-8-7-11(14)10(2)9-13/h3-6,10-11,14H,7-9H2,1-2H3. The number of carbonyl (C=O) groups is 1. The van der Waals surface area contributed by atoms with Crippen LogP contribution in [0.25, 0.3) is 0 Å². The normalized spacial score (nSPS) is 27.8. The van der Waals surface area contributed by atoms with Crippen molar-refractivity contribution in [1.82, 2.24) is 4.90 Å². The fraction of sp³-hybridized carbons (Fsp3) is 0.583. The average Bonchev–Trinajstić information content (AvgIpc) is 2.22. The Hall–Kier alpha value is -1.09. The highest BCUT2D eigenvalue weighted by Gasteiger charge is 2.25. The zero-order chi connectivity index (χ0) is 11.3. The number of likely N-dealkylation sites (tertiary alicyclic amines) is 1. The van der Waals surface area contributed by atoms with Crippen molar-refractivity contribution in [2.75, 3.05) is 13.1 Å². The van der Waals surface area contributed by atoms with Crippen LogP contribution in [-0.4, -0.2) is 35.1 Å². The Morgan fingerprint density at radius 1 is 1.47 bits per heavy atom. The molecule has 1 N–H and O–H groups in total. The molecular formula is C12H19NO2. The average molecular weight is 209 g/mol. The van der Waals surface area contributed by atoms with Crippen LogP contribution in [0.1, 0.15) is 20.3 Å². The van der Waals surface area contributed by atoms with Gasteiger partial charge in [-0.15, -0.1) is 0 Å². The number of aliphatic hydroxyl groups is 1. The van der Waals surface area contributed by atoms with Gasteiger partial charge in [0.1, 0.15) is 0 Å². The van der Waals surface area contributed by atoms with Crippen molar-refractivity contribution in [3.63, 3.8) is 0 Å². The van der Waals surface area contributed by atoms with Gasteiger partial charge in [0.15, 0.2) is 0 Å². The van der Waals surface area contributed by atoms with Crippen LogP contribution in [-0.2, 0) is 4.79 Å². The maximum absolute atomic E-state index is 11.6. The number of nitrogens with zero attached hydrogens (tertiary/aromatic N) is 1. The monoisotopic (exact) mass is 209 g/mol. The first-order valence-electron chi connectivity index (χ1n) is 5.41. The van der Waals surface area contributed by atoms with Gasteiger partial charge in [-0.25, -0.2) is 0 Å². The van der Waals surface area contributed by atoms with Crippen LogP contribution in [0.2, 0.25) is 0 Å². The topological polar surface area (TPSA) is 40.5 Å². The zero-order valence-electron chi connectivity index (χ0n) is 9.39. The van der Waals surface area contributed by atoms with Crippen molar-refractivity contribution in [1.29, 1.82) is 0 Å². The minimum Gasteiger partial charge on any atom is -0.393 e. The molecule has 1 saturated heterocycles. The minimum atomic E-state index is -0.256. The van der Waals surface area contributed by atoms with E-state index in [-0.39, 0.29) is 17.9 Å². The van der Waals surface area contributed by atoms with E-state index in [1.165, 1.54) is 0 Å². The van der Waals surface area contributed by atoms with Gasteiger partial charge in [-0.1, -0.05) is 25.2 Å². The minimum absolute atomic E-state index is 0.0341. The fourth-order valence-electron chi connectivity index (χ4n) is 1.69. The SMILES string of the molecule is CC=CC=CC(=O)N1CCC(O)C(C)C1. The Morgan fingerprint density at radius 2 is 2.20 bits per heavy atom. The second-order valence-electron chi connectivity index (χ2n) is 4.00. The lowest BCUT2D eigenvalue weighted by atomic mass is 9.97. The highest BCUT2D eigenvalue weighted by atomic mass is 16.3. The molecule has 15 heavy (non-hydrogen) atoms. The molecule has 1 amide bonds. The number of hydrogen-bond acceptors (Lipinski definition) is 2. The van der Waals surface area contributed by atoms with E-state index in [9.17, 15) is 9.90 Å². The molecule has 0 aliphatic carbocycles. The number of hydrogen-bond donors (Lipinski definition) is 1. The van der Waals surface area contributed by atoms with Gasteiger partial charge in [-0.05, 0) is 19.3 Å². The lowest BCUT2D eigenvalue weighted by molar-refractivity contribution is -0.129. The molecule has 0 aromatic heterocycles. The Bertz CT molecular complexity index is 271. The summed E-state index contributed by atoms with van der Waals surface area (Å²) in [5.74, 6) is 0.213. The fourth-order valence-corrected chi connectivity index (χ4v) is 1.69. The van der Waals surface area contributed by atoms with Gasteiger partial charge in [0, 0.05) is 19.2 Å². The number of amides is 1. The summed E-state index contributed by atoms with van der Waals surface area (Å²) in [6, 6.07) is 0. The van der Waals surface area contributed by atoms with E-state index < -0.39 is 0 Å². The number of piperidine rings is 1. The molecule has 1 heterocycles. The molecule has 0 spiro atoms. The molecule has 1 fully saturated rings. The molecule has 0 aromatic carbocycles. The molecule has 0 bridgehead atoms. The van der Waals surface area contributed by atoms with Crippen LogP contribution in [0.4, 0.5) is 0 Å². The Kier molecular flexibility index (Phi) is 4.56. The second kappa shape index (κ2) is 5.71. The Balaban J connectivity index is 2.47. The lowest BCUT2D eigenvalue weighted by Gasteiger charge is -2.33. The van der Waals surface area contributed by atoms with Crippen molar-refractivity contribution >= 4 is 5.91 Å². The molecule has 2 unspecified atom stereocenters. The first-order valence-corrected chi connectivity index (χ1v) is 5.41. The summed E-state index contributed by atoms with van der Waals surface area (Å²) in [5, 5.41) is 9.52. The summed E-state index contributed by atoms with van der Waals surface area (Å²) in [4.78, 5) is 13.4. The van der Waals surface area contributed by atoms with E-state index in [0.717, 1.165) is 0 Å². The summed E-state index contributed by atoms with van der Waals surface area (Å²) >= 11 is 0. The van der Waals surface area contributed by atoms with Gasteiger partial charge in [0.25, 0.3) is 0 Å². The number of rotatable bonds is 2. The van der Waals surface area contributed by atoms with Crippen LogP contribution in [0.15, 0.2) is 24.3 Å². The summed E-state index contributed by atoms with van der Waals surface area (Å²) in [7, 11) is 0. The van der Waals surface area contributed by atoms with Crippen molar-refractivity contribution in [2.45, 2.75) is 26.4 Å². The summed E-state index contributed by atoms with van der Waals surface area (Å²) in [5.41, 5.74) is 0. The van der Waals surface area contributed by atoms with Gasteiger partial charge in [-0.2, -0.15) is 0 Å². The van der Waals surface area contributed by atoms with Gasteiger partial charge in [0.05, 0.1) is 6.10 Å². The van der Waals surface area contributed by atoms with Gasteiger partial charge in [0.2, 0.25) is 5.91 Å². The Morgan fingerprint density at radius 3 is 2.80 bits per heavy atom. The van der Waals surface area contributed by atoms with Crippen molar-refractivity contribution in [3.05, 3.63) is 24.3 Å². The first-order chi connectivity index (χ1) is 7.15. The molecule has 1 aliphatic heterocycles. The Labute approximate surface area is 91.1 Å². The summed E-state index contributed by atoms with van der Waals surface area (Å²) in [6.45, 7) is 5.19. The first kappa shape index (κ1) is 12.0. The molecule has 0 saturated carbocycles. The lowest BCUT2D eigenvalue weighted by Crippen LogP contribution is -2.44. The molecule has 3 nitrogen and oxygen atoms in total. The third kappa shape index (κ3) is 3.51. The van der Waals surface area contributed by atoms with Crippen LogP contribution >= 0.6 is 0 Å². The van der Waals surface area contributed by atoms with Gasteiger partial charge in [-0.3, -0.25) is 4.79 Å². The molecule has 2 atom stereocenters. The molecule has 1 rings (SSSR count). The molecular weight excluding hydrogens is 190 g/mol. The van der Waals surface area contributed by atoms with Crippen molar-refractivity contribution in [3.8, 4) is 0 Å². The van der Waals surface area contributed by atoms with Crippen LogP contribution in [0.3, 0.4) is 0 Å². The largest absolute Gasteiger partial charge is 0.393 e. The second-order valence-corrected chi connectivity index (χ2v) is 4.00.